The Bertz CT molecular complexity index is 285. The molecule has 1 amide bonds. The van der Waals surface area contributed by atoms with E-state index in [1.807, 2.05) is 20.8 Å². The predicted molar refractivity (Wildman–Crippen MR) is 76.9 cm³/mol. The molecule has 20 heavy (non-hydrogen) atoms. The van der Waals surface area contributed by atoms with Crippen LogP contribution in [-0.2, 0) is 14.2 Å². The predicted octanol–water partition coefficient (Wildman–Crippen LogP) is 1.25. The highest BCUT2D eigenvalue weighted by atomic mass is 16.6. The van der Waals surface area contributed by atoms with Crippen LogP contribution in [0.25, 0.3) is 0 Å². The molecule has 0 saturated carbocycles. The van der Waals surface area contributed by atoms with Gasteiger partial charge in [-0.2, -0.15) is 0 Å². The molecule has 1 fully saturated rings. The first-order valence-corrected chi connectivity index (χ1v) is 7.20. The molecule has 1 aliphatic heterocycles. The van der Waals surface area contributed by atoms with Crippen LogP contribution in [0.1, 0.15) is 27.2 Å². The number of amides is 1. The number of likely N-dealkylation sites (tertiary alicyclic amines) is 1. The number of hydrogen-bond acceptors (Lipinski definition) is 5. The quantitative estimate of drug-likeness (QED) is 0.681. The van der Waals surface area contributed by atoms with Gasteiger partial charge in [0.2, 0.25) is 0 Å². The van der Waals surface area contributed by atoms with Gasteiger partial charge in [0.25, 0.3) is 0 Å². The Hall–Kier alpha value is -0.850. The van der Waals surface area contributed by atoms with Crippen molar-refractivity contribution >= 4 is 6.09 Å². The summed E-state index contributed by atoms with van der Waals surface area (Å²) in [5.74, 6) is 0. The van der Waals surface area contributed by atoms with Gasteiger partial charge in [-0.25, -0.2) is 4.79 Å². The number of nitrogens with zero attached hydrogens (tertiary/aromatic N) is 1. The molecule has 1 N–H and O–H groups in total. The lowest BCUT2D eigenvalue weighted by atomic mass is 10.1. The molecule has 1 heterocycles. The molecule has 0 spiro atoms. The molecule has 0 unspecified atom stereocenters. The van der Waals surface area contributed by atoms with Crippen LogP contribution in [0.15, 0.2) is 0 Å². The number of ether oxygens (including phenoxy) is 3. The van der Waals surface area contributed by atoms with E-state index in [1.54, 1.807) is 12.0 Å². The van der Waals surface area contributed by atoms with E-state index in [2.05, 4.69) is 5.32 Å². The highest BCUT2D eigenvalue weighted by Crippen LogP contribution is 2.14. The van der Waals surface area contributed by atoms with Crippen molar-refractivity contribution in [2.45, 2.75) is 38.8 Å². The molecular weight excluding hydrogens is 260 g/mol. The van der Waals surface area contributed by atoms with Gasteiger partial charge < -0.3 is 24.4 Å². The molecule has 1 rings (SSSR count). The average Bonchev–Trinajstić information content (AvgIpc) is 2.27. The number of methoxy groups -OCH3 is 1. The minimum Gasteiger partial charge on any atom is -0.444 e. The minimum absolute atomic E-state index is 0.224. The second-order valence-electron chi connectivity index (χ2n) is 6.00. The summed E-state index contributed by atoms with van der Waals surface area (Å²) >= 11 is 0. The topological polar surface area (TPSA) is 60.0 Å². The number of rotatable bonds is 8. The molecule has 0 bridgehead atoms. The lowest BCUT2D eigenvalue weighted by Gasteiger charge is -2.40. The second-order valence-corrected chi connectivity index (χ2v) is 6.00. The Morgan fingerprint density at radius 1 is 1.25 bits per heavy atom. The highest BCUT2D eigenvalue weighted by molar-refractivity contribution is 5.69. The maximum Gasteiger partial charge on any atom is 0.410 e. The molecule has 0 radical (unpaired) electrons. The zero-order chi connectivity index (χ0) is 15.0. The van der Waals surface area contributed by atoms with Gasteiger partial charge in [-0.1, -0.05) is 0 Å². The van der Waals surface area contributed by atoms with Crippen molar-refractivity contribution in [3.05, 3.63) is 0 Å². The van der Waals surface area contributed by atoms with Crippen LogP contribution >= 0.6 is 0 Å². The fourth-order valence-corrected chi connectivity index (χ4v) is 1.81. The molecule has 0 atom stereocenters. The van der Waals surface area contributed by atoms with E-state index < -0.39 is 5.60 Å². The summed E-state index contributed by atoms with van der Waals surface area (Å²) in [5, 5.41) is 3.40. The maximum absolute atomic E-state index is 11.7. The van der Waals surface area contributed by atoms with Gasteiger partial charge >= 0.3 is 6.09 Å². The van der Waals surface area contributed by atoms with Crippen LogP contribution in [0.2, 0.25) is 0 Å². The van der Waals surface area contributed by atoms with Crippen LogP contribution in [0.5, 0.6) is 0 Å². The smallest absolute Gasteiger partial charge is 0.410 e. The van der Waals surface area contributed by atoms with Gasteiger partial charge in [-0.3, -0.25) is 0 Å². The Balaban J connectivity index is 1.96. The Morgan fingerprint density at radius 2 is 1.95 bits per heavy atom. The molecule has 0 aromatic carbocycles. The monoisotopic (exact) mass is 288 g/mol. The van der Waals surface area contributed by atoms with Gasteiger partial charge in [0, 0.05) is 32.8 Å². The van der Waals surface area contributed by atoms with E-state index in [1.165, 1.54) is 0 Å². The van der Waals surface area contributed by atoms with Crippen LogP contribution in [0, 0.1) is 0 Å². The number of nitrogens with one attached hydrogen (secondary N) is 1. The zero-order valence-electron chi connectivity index (χ0n) is 13.1. The third-order valence-corrected chi connectivity index (χ3v) is 2.86. The summed E-state index contributed by atoms with van der Waals surface area (Å²) in [5.41, 5.74) is -0.421. The van der Waals surface area contributed by atoms with Crippen LogP contribution in [0.4, 0.5) is 4.79 Å². The number of carbonyl (C=O) groups excluding carboxylic acids is 1. The maximum atomic E-state index is 11.7. The van der Waals surface area contributed by atoms with E-state index in [0.29, 0.717) is 19.3 Å². The Morgan fingerprint density at radius 3 is 2.55 bits per heavy atom. The van der Waals surface area contributed by atoms with Gasteiger partial charge in [0.15, 0.2) is 0 Å². The van der Waals surface area contributed by atoms with Crippen LogP contribution < -0.4 is 5.32 Å². The SMILES string of the molecule is COCCOCCCNC1CN(C(=O)OC(C)(C)C)C1. The van der Waals surface area contributed by atoms with Crippen molar-refractivity contribution < 1.29 is 19.0 Å². The van der Waals surface area contributed by atoms with Crippen molar-refractivity contribution in [3.63, 3.8) is 0 Å². The molecule has 6 nitrogen and oxygen atoms in total. The molecule has 118 valence electrons. The van der Waals surface area contributed by atoms with Crippen molar-refractivity contribution in [2.75, 3.05) is 46.6 Å². The Kier molecular flexibility index (Phi) is 7.26. The molecule has 1 saturated heterocycles. The average molecular weight is 288 g/mol. The van der Waals surface area contributed by atoms with E-state index in [4.69, 9.17) is 14.2 Å². The van der Waals surface area contributed by atoms with Crippen molar-refractivity contribution in [3.8, 4) is 0 Å². The lowest BCUT2D eigenvalue weighted by molar-refractivity contribution is 0.00501. The van der Waals surface area contributed by atoms with Gasteiger partial charge in [0.1, 0.15) is 5.60 Å². The number of carbonyl (C=O) groups is 1. The van der Waals surface area contributed by atoms with Crippen molar-refractivity contribution in [1.82, 2.24) is 10.2 Å². The van der Waals surface area contributed by atoms with Crippen LogP contribution in [-0.4, -0.2) is 69.2 Å². The van der Waals surface area contributed by atoms with Crippen molar-refractivity contribution in [2.24, 2.45) is 0 Å². The fourth-order valence-electron chi connectivity index (χ4n) is 1.81. The fraction of sp³-hybridized carbons (Fsp3) is 0.929. The molecule has 1 aliphatic rings. The largest absolute Gasteiger partial charge is 0.444 e. The highest BCUT2D eigenvalue weighted by Gasteiger charge is 2.32. The molecule has 0 aromatic rings. The Labute approximate surface area is 121 Å². The summed E-state index contributed by atoms with van der Waals surface area (Å²) in [6.07, 6.45) is 0.741. The van der Waals surface area contributed by atoms with Crippen molar-refractivity contribution in [1.29, 1.82) is 0 Å². The second kappa shape index (κ2) is 8.44. The normalized spacial score (nSPS) is 16.1. The molecule has 0 aliphatic carbocycles. The van der Waals surface area contributed by atoms with Gasteiger partial charge in [0.05, 0.1) is 13.2 Å². The zero-order valence-corrected chi connectivity index (χ0v) is 13.1. The first-order chi connectivity index (χ1) is 9.42. The van der Waals surface area contributed by atoms with E-state index in [0.717, 1.165) is 32.7 Å². The summed E-state index contributed by atoms with van der Waals surface area (Å²) in [7, 11) is 1.66. The lowest BCUT2D eigenvalue weighted by Crippen LogP contribution is -2.60. The first kappa shape index (κ1) is 17.2. The number of hydrogen-bond donors (Lipinski definition) is 1. The molecule has 0 aromatic heterocycles. The summed E-state index contributed by atoms with van der Waals surface area (Å²) in [6, 6.07) is 0.376. The standard InChI is InChI=1S/C14H28N2O4/c1-14(2,3)20-13(17)16-10-12(11-16)15-6-5-7-19-9-8-18-4/h12,15H,5-11H2,1-4H3. The van der Waals surface area contributed by atoms with Crippen LogP contribution in [0.3, 0.4) is 0 Å². The molecular formula is C14H28N2O4. The van der Waals surface area contributed by atoms with Gasteiger partial charge in [-0.05, 0) is 33.7 Å². The van der Waals surface area contributed by atoms with E-state index in [9.17, 15) is 4.79 Å². The summed E-state index contributed by atoms with van der Waals surface area (Å²) in [6.45, 7) is 10.0. The molecule has 6 heteroatoms. The third kappa shape index (κ3) is 7.07. The third-order valence-electron chi connectivity index (χ3n) is 2.86. The summed E-state index contributed by atoms with van der Waals surface area (Å²) < 4.78 is 15.6. The van der Waals surface area contributed by atoms with E-state index >= 15 is 0 Å². The summed E-state index contributed by atoms with van der Waals surface area (Å²) in [4.78, 5) is 13.4. The van der Waals surface area contributed by atoms with E-state index in [-0.39, 0.29) is 6.09 Å². The minimum atomic E-state index is -0.421. The van der Waals surface area contributed by atoms with Gasteiger partial charge in [-0.15, -0.1) is 0 Å². The first-order valence-electron chi connectivity index (χ1n) is 7.20.